The van der Waals surface area contributed by atoms with Crippen molar-refractivity contribution in [2.45, 2.75) is 76.2 Å². The third-order valence-corrected chi connectivity index (χ3v) is 12.5. The van der Waals surface area contributed by atoms with Crippen LogP contribution in [0.15, 0.2) is 103 Å². The summed E-state index contributed by atoms with van der Waals surface area (Å²) in [5.74, 6) is 0. The molecular weight excluding hydrogens is 543 g/mol. The van der Waals surface area contributed by atoms with Crippen LogP contribution in [0.25, 0.3) is 11.1 Å². The fraction of sp³-hybridized carbons (Fsp3) is 0.286. The molecule has 0 spiro atoms. The Labute approximate surface area is 267 Å². The molecule has 10 rings (SSSR count). The molecule has 0 radical (unpaired) electrons. The van der Waals surface area contributed by atoms with Gasteiger partial charge in [-0.05, 0) is 120 Å². The van der Waals surface area contributed by atoms with Gasteiger partial charge in [-0.3, -0.25) is 0 Å². The highest BCUT2D eigenvalue weighted by atomic mass is 15.3. The van der Waals surface area contributed by atoms with Crippen molar-refractivity contribution >= 4 is 51.5 Å². The molecule has 3 heterocycles. The molecule has 2 atom stereocenters. The zero-order chi connectivity index (χ0) is 29.9. The van der Waals surface area contributed by atoms with Gasteiger partial charge in [0.05, 0.1) is 5.54 Å². The lowest BCUT2D eigenvalue weighted by atomic mass is 9.33. The molecule has 45 heavy (non-hydrogen) atoms. The van der Waals surface area contributed by atoms with Crippen LogP contribution < -0.4 is 26.2 Å². The molecule has 0 amide bonds. The Hall–Kier alpha value is -4.24. The Morgan fingerprint density at radius 1 is 0.600 bits per heavy atom. The highest BCUT2D eigenvalue weighted by Gasteiger charge is 2.61. The fourth-order valence-corrected chi connectivity index (χ4v) is 10.2. The molecule has 2 aliphatic carbocycles. The summed E-state index contributed by atoms with van der Waals surface area (Å²) in [4.78, 5) is 5.46. The minimum atomic E-state index is 0.0332. The zero-order valence-corrected chi connectivity index (χ0v) is 26.4. The van der Waals surface area contributed by atoms with Crippen LogP contribution in [0.1, 0.15) is 69.1 Å². The summed E-state index contributed by atoms with van der Waals surface area (Å²) in [5, 5.41) is 0. The van der Waals surface area contributed by atoms with Crippen molar-refractivity contribution in [3.63, 3.8) is 0 Å². The lowest BCUT2D eigenvalue weighted by Gasteiger charge is -2.53. The van der Waals surface area contributed by atoms with Gasteiger partial charge >= 0.3 is 0 Å². The van der Waals surface area contributed by atoms with E-state index in [0.717, 1.165) is 0 Å². The van der Waals surface area contributed by atoms with Crippen molar-refractivity contribution in [1.29, 1.82) is 0 Å². The van der Waals surface area contributed by atoms with E-state index in [2.05, 4.69) is 127 Å². The molecule has 5 aliphatic rings. The van der Waals surface area contributed by atoms with Crippen LogP contribution in [0.4, 0.5) is 28.4 Å². The third kappa shape index (κ3) is 3.32. The first-order valence-corrected chi connectivity index (χ1v) is 17.2. The normalized spacial score (nSPS) is 23.6. The van der Waals surface area contributed by atoms with Gasteiger partial charge in [0.25, 0.3) is 6.71 Å². The first kappa shape index (κ1) is 26.0. The Bertz CT molecular complexity index is 2020. The number of aryl methyl sites for hydroxylation is 2. The smallest absolute Gasteiger partial charge is 0.252 e. The van der Waals surface area contributed by atoms with E-state index in [9.17, 15) is 0 Å². The van der Waals surface area contributed by atoms with Crippen LogP contribution in [0, 0.1) is 0 Å². The van der Waals surface area contributed by atoms with Crippen LogP contribution in [-0.2, 0) is 18.3 Å². The van der Waals surface area contributed by atoms with Crippen LogP contribution in [0.5, 0.6) is 0 Å². The van der Waals surface area contributed by atoms with Gasteiger partial charge in [0.15, 0.2) is 0 Å². The van der Waals surface area contributed by atoms with E-state index in [-0.39, 0.29) is 17.7 Å². The minimum absolute atomic E-state index is 0.0332. The van der Waals surface area contributed by atoms with Crippen molar-refractivity contribution in [2.24, 2.45) is 0 Å². The van der Waals surface area contributed by atoms with E-state index >= 15 is 0 Å². The second-order valence-corrected chi connectivity index (χ2v) is 14.7. The number of benzene rings is 5. The van der Waals surface area contributed by atoms with Gasteiger partial charge in [-0.1, -0.05) is 92.6 Å². The molecule has 0 aromatic heterocycles. The number of anilines is 5. The molecule has 0 bridgehead atoms. The number of hydrogen-bond acceptors (Lipinski definition) is 2. The number of nitrogens with zero attached hydrogens (tertiary/aromatic N) is 2. The zero-order valence-electron chi connectivity index (χ0n) is 26.4. The summed E-state index contributed by atoms with van der Waals surface area (Å²) >= 11 is 0. The van der Waals surface area contributed by atoms with E-state index in [0.29, 0.717) is 0 Å². The van der Waals surface area contributed by atoms with Gasteiger partial charge in [-0.25, -0.2) is 0 Å². The number of hydrogen-bond donors (Lipinski definition) is 0. The van der Waals surface area contributed by atoms with Gasteiger partial charge in [0, 0.05) is 33.9 Å². The summed E-state index contributed by atoms with van der Waals surface area (Å²) in [6.07, 6.45) is 10.0. The number of fused-ring (bicyclic) bond motifs is 8. The SMILES string of the molecule is CC12CCCCC1(C)N1c3cc(-c4ccccc4)cc4c3B(c3cc5c(cc3N4c3ccccc3)CCCC5)c3cccc2c31. The van der Waals surface area contributed by atoms with E-state index in [1.54, 1.807) is 16.7 Å². The Balaban J connectivity index is 1.35. The van der Waals surface area contributed by atoms with E-state index in [1.165, 1.54) is 107 Å². The Morgan fingerprint density at radius 3 is 2.11 bits per heavy atom. The maximum Gasteiger partial charge on any atom is 0.252 e. The number of para-hydroxylation sites is 2. The fourth-order valence-electron chi connectivity index (χ4n) is 10.2. The van der Waals surface area contributed by atoms with Gasteiger partial charge in [0.1, 0.15) is 0 Å². The van der Waals surface area contributed by atoms with Gasteiger partial charge in [0.2, 0.25) is 0 Å². The Kier molecular flexibility index (Phi) is 5.30. The van der Waals surface area contributed by atoms with Crippen LogP contribution in [0.2, 0.25) is 0 Å². The van der Waals surface area contributed by atoms with Gasteiger partial charge in [-0.15, -0.1) is 0 Å². The van der Waals surface area contributed by atoms with Crippen molar-refractivity contribution in [2.75, 3.05) is 9.80 Å². The maximum atomic E-state index is 2.85. The molecule has 220 valence electrons. The van der Waals surface area contributed by atoms with Crippen LogP contribution in [0.3, 0.4) is 0 Å². The quantitative estimate of drug-likeness (QED) is 0.189. The van der Waals surface area contributed by atoms with Crippen molar-refractivity contribution in [1.82, 2.24) is 0 Å². The summed E-state index contributed by atoms with van der Waals surface area (Å²) in [6, 6.07) is 39.8. The summed E-state index contributed by atoms with van der Waals surface area (Å²) in [7, 11) is 0. The second kappa shape index (κ2) is 9.16. The number of rotatable bonds is 2. The second-order valence-electron chi connectivity index (χ2n) is 14.7. The highest BCUT2D eigenvalue weighted by molar-refractivity contribution is 7.00. The molecule has 1 fully saturated rings. The molecule has 2 nitrogen and oxygen atoms in total. The standard InChI is InChI=1S/C42H39BN2/c1-41-22-11-12-23-42(41,2)45-38-27-31(28-14-5-3-6-15-28)26-37-39(38)43(34-21-13-20-33(41)40(34)45)35-24-29-16-9-10-17-30(29)25-36(35)44(37)32-18-7-4-8-19-32/h3-8,13-15,18-21,24-27H,9-12,16-17,22-23H2,1-2H3. The maximum absolute atomic E-state index is 2.85. The predicted molar refractivity (Wildman–Crippen MR) is 191 cm³/mol. The van der Waals surface area contributed by atoms with Crippen LogP contribution in [-0.4, -0.2) is 12.3 Å². The third-order valence-electron chi connectivity index (χ3n) is 12.5. The Morgan fingerprint density at radius 2 is 1.31 bits per heavy atom. The van der Waals surface area contributed by atoms with Gasteiger partial charge in [-0.2, -0.15) is 0 Å². The molecule has 3 heteroatoms. The van der Waals surface area contributed by atoms with E-state index in [4.69, 9.17) is 0 Å². The van der Waals surface area contributed by atoms with Crippen molar-refractivity contribution < 1.29 is 0 Å². The summed E-state index contributed by atoms with van der Waals surface area (Å²) in [5.41, 5.74) is 18.8. The summed E-state index contributed by atoms with van der Waals surface area (Å²) < 4.78 is 0. The molecule has 3 aliphatic heterocycles. The molecule has 5 aromatic rings. The van der Waals surface area contributed by atoms with E-state index < -0.39 is 0 Å². The highest BCUT2D eigenvalue weighted by Crippen LogP contribution is 2.61. The average Bonchev–Trinajstić information content (AvgIpc) is 3.30. The van der Waals surface area contributed by atoms with Gasteiger partial charge < -0.3 is 9.80 Å². The molecular formula is C42H39BN2. The molecule has 0 saturated heterocycles. The topological polar surface area (TPSA) is 6.48 Å². The largest absolute Gasteiger partial charge is 0.335 e. The van der Waals surface area contributed by atoms with Crippen molar-refractivity contribution in [3.8, 4) is 11.1 Å². The predicted octanol–water partition coefficient (Wildman–Crippen LogP) is 8.59. The molecule has 1 saturated carbocycles. The monoisotopic (exact) mass is 582 g/mol. The van der Waals surface area contributed by atoms with Crippen molar-refractivity contribution in [3.05, 3.63) is 120 Å². The molecule has 2 unspecified atom stereocenters. The van der Waals surface area contributed by atoms with Crippen LogP contribution >= 0.6 is 0 Å². The molecule has 5 aromatic carbocycles. The average molecular weight is 583 g/mol. The molecule has 0 N–H and O–H groups in total. The first-order valence-electron chi connectivity index (χ1n) is 17.2. The first-order chi connectivity index (χ1) is 22.1. The summed E-state index contributed by atoms with van der Waals surface area (Å²) in [6.45, 7) is 5.39. The van der Waals surface area contributed by atoms with E-state index in [1.807, 2.05) is 0 Å². The lowest BCUT2D eigenvalue weighted by Crippen LogP contribution is -2.64. The minimum Gasteiger partial charge on any atom is -0.335 e. The lowest BCUT2D eigenvalue weighted by molar-refractivity contribution is 0.195.